The number of hydrogen-bond donors (Lipinski definition) is 2. The van der Waals surface area contributed by atoms with Crippen LogP contribution in [0.5, 0.6) is 0 Å². The molecule has 6 heteroatoms. The van der Waals surface area contributed by atoms with Gasteiger partial charge in [-0.2, -0.15) is 4.37 Å². The van der Waals surface area contributed by atoms with Crippen LogP contribution in [0.4, 0.5) is 5.82 Å². The van der Waals surface area contributed by atoms with Crippen LogP contribution >= 0.6 is 11.5 Å². The maximum absolute atomic E-state index is 5.48. The van der Waals surface area contributed by atoms with Gasteiger partial charge in [0.1, 0.15) is 5.82 Å². The second-order valence-corrected chi connectivity index (χ2v) is 3.48. The predicted molar refractivity (Wildman–Crippen MR) is 60.9 cm³/mol. The quantitative estimate of drug-likeness (QED) is 0.550. The average Bonchev–Trinajstić information content (AvgIpc) is 2.70. The van der Waals surface area contributed by atoms with Crippen molar-refractivity contribution in [2.45, 2.75) is 0 Å². The molecule has 0 aliphatic rings. The van der Waals surface area contributed by atoms with Crippen molar-refractivity contribution in [2.75, 3.05) is 32.1 Å². The van der Waals surface area contributed by atoms with Crippen LogP contribution in [0.3, 0.4) is 0 Å². The molecular weight excluding hydrogens is 198 g/mol. The molecule has 0 saturated carbocycles. The van der Waals surface area contributed by atoms with Crippen LogP contribution in [0.25, 0.3) is 0 Å². The highest BCUT2D eigenvalue weighted by molar-refractivity contribution is 7.03. The molecule has 0 amide bonds. The van der Waals surface area contributed by atoms with E-state index in [-0.39, 0.29) is 0 Å². The third-order valence-electron chi connectivity index (χ3n) is 1.81. The Morgan fingerprint density at radius 2 is 2.57 bits per heavy atom. The van der Waals surface area contributed by atoms with Gasteiger partial charge in [0.15, 0.2) is 5.96 Å². The fourth-order valence-electron chi connectivity index (χ4n) is 0.948. The number of nitrogens with zero attached hydrogens (tertiary/aromatic N) is 3. The lowest BCUT2D eigenvalue weighted by Crippen LogP contribution is -2.37. The third kappa shape index (κ3) is 3.21. The van der Waals surface area contributed by atoms with Crippen molar-refractivity contribution >= 4 is 23.3 Å². The van der Waals surface area contributed by atoms with Crippen molar-refractivity contribution in [3.8, 4) is 0 Å². The standard InChI is InChI=1S/C8H15N5S/c1-10-8(9)11-4-5-13(2)7-3-6-14-12-7/h3,6H,4-5H2,1-2H3,(H3,9,10,11). The molecule has 78 valence electrons. The topological polar surface area (TPSA) is 66.5 Å². The number of aromatic nitrogens is 1. The molecule has 0 bridgehead atoms. The Balaban J connectivity index is 2.26. The van der Waals surface area contributed by atoms with E-state index in [4.69, 9.17) is 5.73 Å². The first-order valence-corrected chi connectivity index (χ1v) is 5.15. The zero-order chi connectivity index (χ0) is 10.4. The number of aliphatic imine (C=N–C) groups is 1. The van der Waals surface area contributed by atoms with Gasteiger partial charge in [-0.1, -0.05) is 0 Å². The third-order valence-corrected chi connectivity index (χ3v) is 2.36. The second kappa shape index (κ2) is 5.43. The summed E-state index contributed by atoms with van der Waals surface area (Å²) >= 11 is 1.45. The highest BCUT2D eigenvalue weighted by Gasteiger charge is 2.01. The summed E-state index contributed by atoms with van der Waals surface area (Å²) in [5.41, 5.74) is 5.48. The van der Waals surface area contributed by atoms with Crippen LogP contribution in [0.15, 0.2) is 16.4 Å². The van der Waals surface area contributed by atoms with Gasteiger partial charge in [-0.3, -0.25) is 4.99 Å². The van der Waals surface area contributed by atoms with Crippen molar-refractivity contribution in [1.82, 2.24) is 9.69 Å². The Morgan fingerprint density at radius 1 is 1.79 bits per heavy atom. The first-order chi connectivity index (χ1) is 6.74. The molecular formula is C8H15N5S. The van der Waals surface area contributed by atoms with Crippen molar-refractivity contribution in [3.05, 3.63) is 11.4 Å². The van der Waals surface area contributed by atoms with E-state index < -0.39 is 0 Å². The monoisotopic (exact) mass is 213 g/mol. The summed E-state index contributed by atoms with van der Waals surface area (Å²) in [6.45, 7) is 1.61. The predicted octanol–water partition coefficient (Wildman–Crippen LogP) is 0.113. The summed E-state index contributed by atoms with van der Waals surface area (Å²) in [7, 11) is 3.66. The molecule has 14 heavy (non-hydrogen) atoms. The maximum Gasteiger partial charge on any atom is 0.188 e. The molecule has 3 N–H and O–H groups in total. The minimum atomic E-state index is 0.469. The van der Waals surface area contributed by atoms with E-state index in [2.05, 4.69) is 19.6 Å². The van der Waals surface area contributed by atoms with Gasteiger partial charge in [-0.25, -0.2) is 0 Å². The van der Waals surface area contributed by atoms with E-state index in [1.165, 1.54) is 11.5 Å². The summed E-state index contributed by atoms with van der Waals surface area (Å²) in [6.07, 6.45) is 0. The summed E-state index contributed by atoms with van der Waals surface area (Å²) in [5.74, 6) is 1.46. The van der Waals surface area contributed by atoms with Crippen LogP contribution in [-0.2, 0) is 0 Å². The molecule has 1 heterocycles. The normalized spacial score (nSPS) is 11.4. The molecule has 0 saturated heterocycles. The van der Waals surface area contributed by atoms with Crippen molar-refractivity contribution in [1.29, 1.82) is 0 Å². The van der Waals surface area contributed by atoms with Crippen LogP contribution < -0.4 is 16.0 Å². The summed E-state index contributed by atoms with van der Waals surface area (Å²) < 4.78 is 4.21. The van der Waals surface area contributed by atoms with Crippen LogP contribution in [0.1, 0.15) is 0 Å². The Kier molecular flexibility index (Phi) is 4.18. The fourth-order valence-corrected chi connectivity index (χ4v) is 1.50. The minimum absolute atomic E-state index is 0.469. The summed E-state index contributed by atoms with van der Waals surface area (Å²) in [4.78, 5) is 5.86. The van der Waals surface area contributed by atoms with E-state index in [1.807, 2.05) is 18.5 Å². The van der Waals surface area contributed by atoms with Crippen molar-refractivity contribution in [2.24, 2.45) is 10.7 Å². The van der Waals surface area contributed by atoms with Gasteiger partial charge < -0.3 is 16.0 Å². The van der Waals surface area contributed by atoms with Gasteiger partial charge >= 0.3 is 0 Å². The number of anilines is 1. The van der Waals surface area contributed by atoms with Crippen LogP contribution in [0.2, 0.25) is 0 Å². The average molecular weight is 213 g/mol. The van der Waals surface area contributed by atoms with Crippen LogP contribution in [0, 0.1) is 0 Å². The van der Waals surface area contributed by atoms with E-state index in [0.717, 1.165) is 18.9 Å². The Hall–Kier alpha value is -1.30. The fraction of sp³-hybridized carbons (Fsp3) is 0.500. The van der Waals surface area contributed by atoms with E-state index in [1.54, 1.807) is 7.05 Å². The Bertz CT molecular complexity index is 282. The first-order valence-electron chi connectivity index (χ1n) is 4.31. The van der Waals surface area contributed by atoms with E-state index in [9.17, 15) is 0 Å². The Morgan fingerprint density at radius 3 is 3.14 bits per heavy atom. The number of nitrogens with two attached hydrogens (primary N) is 1. The maximum atomic E-state index is 5.48. The zero-order valence-electron chi connectivity index (χ0n) is 8.40. The molecule has 0 unspecified atom stereocenters. The highest BCUT2D eigenvalue weighted by Crippen LogP contribution is 2.09. The van der Waals surface area contributed by atoms with E-state index in [0.29, 0.717) is 5.96 Å². The van der Waals surface area contributed by atoms with Crippen molar-refractivity contribution in [3.63, 3.8) is 0 Å². The largest absolute Gasteiger partial charge is 0.370 e. The first kappa shape index (κ1) is 10.8. The summed E-state index contributed by atoms with van der Waals surface area (Å²) in [6, 6.07) is 1.99. The second-order valence-electron chi connectivity index (χ2n) is 2.81. The Labute approximate surface area is 87.8 Å². The molecule has 1 rings (SSSR count). The SMILES string of the molecule is CN=C(N)NCCN(C)c1ccsn1. The molecule has 0 aliphatic carbocycles. The number of likely N-dealkylation sites (N-methyl/N-ethyl adjacent to an activating group) is 1. The number of rotatable bonds is 4. The molecule has 0 spiro atoms. The lowest BCUT2D eigenvalue weighted by molar-refractivity contribution is 0.811. The molecule has 5 nitrogen and oxygen atoms in total. The van der Waals surface area contributed by atoms with Crippen LogP contribution in [-0.4, -0.2) is 37.5 Å². The van der Waals surface area contributed by atoms with Crippen molar-refractivity contribution < 1.29 is 0 Å². The number of hydrogen-bond acceptors (Lipinski definition) is 4. The van der Waals surface area contributed by atoms with Gasteiger partial charge in [0, 0.05) is 32.6 Å². The van der Waals surface area contributed by atoms with Gasteiger partial charge in [0.25, 0.3) is 0 Å². The molecule has 0 radical (unpaired) electrons. The lowest BCUT2D eigenvalue weighted by atomic mass is 10.5. The van der Waals surface area contributed by atoms with Gasteiger partial charge in [-0.15, -0.1) is 0 Å². The molecule has 0 aromatic carbocycles. The summed E-state index contributed by atoms with van der Waals surface area (Å²) in [5, 5.41) is 4.95. The molecule has 1 aromatic rings. The van der Waals surface area contributed by atoms with Gasteiger partial charge in [0.05, 0.1) is 0 Å². The molecule has 1 aromatic heterocycles. The van der Waals surface area contributed by atoms with E-state index >= 15 is 0 Å². The highest BCUT2D eigenvalue weighted by atomic mass is 32.1. The van der Waals surface area contributed by atoms with Gasteiger partial charge in [0.2, 0.25) is 0 Å². The number of nitrogens with one attached hydrogen (secondary N) is 1. The van der Waals surface area contributed by atoms with Gasteiger partial charge in [-0.05, 0) is 17.6 Å². The smallest absolute Gasteiger partial charge is 0.188 e. The molecule has 0 fully saturated rings. The molecule has 0 aliphatic heterocycles. The minimum Gasteiger partial charge on any atom is -0.370 e. The lowest BCUT2D eigenvalue weighted by Gasteiger charge is -2.16. The zero-order valence-corrected chi connectivity index (χ0v) is 9.21. The number of guanidine groups is 1. The molecule has 0 atom stereocenters.